The summed E-state index contributed by atoms with van der Waals surface area (Å²) in [6.45, 7) is 0.683. The van der Waals surface area contributed by atoms with E-state index in [-0.39, 0.29) is 36.3 Å². The van der Waals surface area contributed by atoms with Crippen LogP contribution in [0.5, 0.6) is 0 Å². The van der Waals surface area contributed by atoms with Crippen molar-refractivity contribution in [3.05, 3.63) is 61.8 Å². The number of cyclic esters (lactones) is 1. The molecule has 3 aromatic rings. The molecule has 0 fully saturated rings. The third kappa shape index (κ3) is 3.81. The highest BCUT2D eigenvalue weighted by atomic mass is 79.9. The highest BCUT2D eigenvalue weighted by Gasteiger charge is 2.50. The van der Waals surface area contributed by atoms with Crippen molar-refractivity contribution in [3.8, 4) is 11.4 Å². The Hall–Kier alpha value is -3.18. The van der Waals surface area contributed by atoms with Crippen LogP contribution in [0.1, 0.15) is 42.9 Å². The molecule has 4 heterocycles. The Balaban J connectivity index is 1.61. The molecule has 0 unspecified atom stereocenters. The van der Waals surface area contributed by atoms with Crippen molar-refractivity contribution in [3.63, 3.8) is 0 Å². The minimum absolute atomic E-state index is 0.0499. The normalized spacial score (nSPS) is 18.4. The molecule has 0 saturated carbocycles. The third-order valence-electron chi connectivity index (χ3n) is 6.75. The van der Waals surface area contributed by atoms with Crippen LogP contribution >= 0.6 is 15.9 Å². The van der Waals surface area contributed by atoms with E-state index in [1.54, 1.807) is 17.6 Å². The molecule has 5 rings (SSSR count). The first-order valence-corrected chi connectivity index (χ1v) is 12.2. The summed E-state index contributed by atoms with van der Waals surface area (Å²) in [4.78, 5) is 43.8. The number of carbonyl (C=O) groups is 2. The maximum atomic E-state index is 13.6. The Labute approximate surface area is 212 Å². The first-order valence-electron chi connectivity index (χ1n) is 11.4. The molecule has 1 atom stereocenters. The highest BCUT2D eigenvalue weighted by Crippen LogP contribution is 2.41. The quantitative estimate of drug-likeness (QED) is 0.356. The minimum atomic E-state index is -3.24. The fourth-order valence-corrected chi connectivity index (χ4v) is 5.23. The zero-order valence-corrected chi connectivity index (χ0v) is 20.9. The van der Waals surface area contributed by atoms with Gasteiger partial charge in [-0.25, -0.2) is 18.6 Å². The lowest BCUT2D eigenvalue weighted by Crippen LogP contribution is -2.47. The largest absolute Gasteiger partial charge is 0.457 e. The van der Waals surface area contributed by atoms with E-state index >= 15 is 0 Å². The smallest absolute Gasteiger partial charge is 0.355 e. The number of carbonyl (C=O) groups excluding carboxylic acids is 2. The molecule has 11 heteroatoms. The lowest BCUT2D eigenvalue weighted by molar-refractivity contribution is -0.190. The summed E-state index contributed by atoms with van der Waals surface area (Å²) in [6, 6.07) is 9.20. The van der Waals surface area contributed by atoms with Gasteiger partial charge in [0.2, 0.25) is 5.60 Å². The van der Waals surface area contributed by atoms with Crippen molar-refractivity contribution in [2.45, 2.75) is 50.9 Å². The first-order chi connectivity index (χ1) is 17.1. The molecule has 2 aliphatic rings. The number of alkyl halides is 2. The number of pyridine rings is 2. The van der Waals surface area contributed by atoms with Crippen molar-refractivity contribution in [1.29, 1.82) is 0 Å². The van der Waals surface area contributed by atoms with Crippen LogP contribution in [0, 0.1) is 0 Å². The van der Waals surface area contributed by atoms with Crippen LogP contribution < -0.4 is 11.3 Å². The first kappa shape index (κ1) is 24.5. The number of nitrogens with zero attached hydrogens (tertiary/aromatic N) is 2. The van der Waals surface area contributed by atoms with Crippen molar-refractivity contribution in [2.24, 2.45) is 5.73 Å². The standard InChI is InChI=1S/C25H22BrF2N3O5/c1-2-25(36-20(32)6-7-24(27,28)12-29)16-9-19-21-13(8-14-17(26)4-3-5-18(14)30-21)10-31(19)22(33)15(16)11-35-23(25)34/h3-5,8-9H,2,6-7,10-12,29H2,1H3/t25-/m0/s1. The average molecular weight is 562 g/mol. The molecule has 2 aliphatic heterocycles. The fourth-order valence-electron chi connectivity index (χ4n) is 4.76. The number of hydrogen-bond acceptors (Lipinski definition) is 7. The summed E-state index contributed by atoms with van der Waals surface area (Å²) in [6.07, 6.45) is -1.52. The molecule has 0 bridgehead atoms. The van der Waals surface area contributed by atoms with Crippen molar-refractivity contribution in [2.75, 3.05) is 6.54 Å². The number of benzene rings is 1. The monoisotopic (exact) mass is 561 g/mol. The Morgan fingerprint density at radius 2 is 2.11 bits per heavy atom. The predicted molar refractivity (Wildman–Crippen MR) is 129 cm³/mol. The second-order valence-electron chi connectivity index (χ2n) is 8.91. The van der Waals surface area contributed by atoms with E-state index in [2.05, 4.69) is 15.9 Å². The summed E-state index contributed by atoms with van der Waals surface area (Å²) in [5, 5.41) is 0.895. The van der Waals surface area contributed by atoms with Crippen LogP contribution in [0.15, 0.2) is 39.6 Å². The number of hydrogen-bond donors (Lipinski definition) is 1. The van der Waals surface area contributed by atoms with Gasteiger partial charge in [-0.2, -0.15) is 0 Å². The Bertz CT molecular complexity index is 1490. The second-order valence-corrected chi connectivity index (χ2v) is 9.76. The molecule has 0 radical (unpaired) electrons. The van der Waals surface area contributed by atoms with Crippen LogP contribution in [0.2, 0.25) is 0 Å². The third-order valence-corrected chi connectivity index (χ3v) is 7.44. The number of esters is 2. The van der Waals surface area contributed by atoms with Gasteiger partial charge in [0.25, 0.3) is 11.5 Å². The number of fused-ring (bicyclic) bond motifs is 5. The van der Waals surface area contributed by atoms with Gasteiger partial charge in [-0.1, -0.05) is 28.9 Å². The Morgan fingerprint density at radius 3 is 2.83 bits per heavy atom. The van der Waals surface area contributed by atoms with E-state index in [9.17, 15) is 23.2 Å². The van der Waals surface area contributed by atoms with Gasteiger partial charge in [0.05, 0.1) is 42.0 Å². The van der Waals surface area contributed by atoms with Crippen LogP contribution in [0.4, 0.5) is 8.78 Å². The number of nitrogens with two attached hydrogens (primary N) is 1. The highest BCUT2D eigenvalue weighted by molar-refractivity contribution is 9.10. The molecule has 36 heavy (non-hydrogen) atoms. The van der Waals surface area contributed by atoms with Gasteiger partial charge >= 0.3 is 11.9 Å². The minimum Gasteiger partial charge on any atom is -0.457 e. The topological polar surface area (TPSA) is 114 Å². The number of ether oxygens (including phenoxy) is 2. The van der Waals surface area contributed by atoms with E-state index in [4.69, 9.17) is 20.2 Å². The molecule has 188 valence electrons. The van der Waals surface area contributed by atoms with E-state index in [1.165, 1.54) is 0 Å². The Kier molecular flexibility index (Phi) is 5.95. The summed E-state index contributed by atoms with van der Waals surface area (Å²) in [5.74, 6) is -5.10. The fraction of sp³-hybridized carbons (Fsp3) is 0.360. The molecule has 2 aromatic heterocycles. The van der Waals surface area contributed by atoms with E-state index in [1.807, 2.05) is 24.3 Å². The van der Waals surface area contributed by atoms with Gasteiger partial charge in [-0.3, -0.25) is 9.59 Å². The van der Waals surface area contributed by atoms with Gasteiger partial charge in [-0.15, -0.1) is 0 Å². The van der Waals surface area contributed by atoms with Gasteiger partial charge in [0.1, 0.15) is 6.61 Å². The number of rotatable bonds is 6. The number of aromatic nitrogens is 2. The lowest BCUT2D eigenvalue weighted by atomic mass is 9.85. The zero-order valence-electron chi connectivity index (χ0n) is 19.3. The van der Waals surface area contributed by atoms with Crippen molar-refractivity contribution in [1.82, 2.24) is 9.55 Å². The molecular weight excluding hydrogens is 540 g/mol. The molecule has 0 amide bonds. The van der Waals surface area contributed by atoms with Crippen molar-refractivity contribution < 1.29 is 27.8 Å². The molecule has 0 saturated heterocycles. The van der Waals surface area contributed by atoms with Gasteiger partial charge in [0, 0.05) is 27.4 Å². The average Bonchev–Trinajstić information content (AvgIpc) is 3.22. The van der Waals surface area contributed by atoms with E-state index < -0.39 is 42.8 Å². The molecule has 0 spiro atoms. The summed E-state index contributed by atoms with van der Waals surface area (Å²) < 4.78 is 40.4. The summed E-state index contributed by atoms with van der Waals surface area (Å²) in [7, 11) is 0. The van der Waals surface area contributed by atoms with Gasteiger partial charge in [0.15, 0.2) is 0 Å². The van der Waals surface area contributed by atoms with Gasteiger partial charge < -0.3 is 19.8 Å². The number of halogens is 3. The molecule has 0 aliphatic carbocycles. The summed E-state index contributed by atoms with van der Waals surface area (Å²) >= 11 is 3.53. The van der Waals surface area contributed by atoms with E-state index in [0.29, 0.717) is 11.4 Å². The predicted octanol–water partition coefficient (Wildman–Crippen LogP) is 3.77. The van der Waals surface area contributed by atoms with Gasteiger partial charge in [-0.05, 0) is 30.7 Å². The summed E-state index contributed by atoms with van der Waals surface area (Å²) in [5.41, 5.74) is 5.70. The van der Waals surface area contributed by atoms with Crippen LogP contribution in [0.25, 0.3) is 22.3 Å². The van der Waals surface area contributed by atoms with Crippen LogP contribution in [-0.2, 0) is 37.8 Å². The second kappa shape index (κ2) is 8.74. The molecule has 2 N–H and O–H groups in total. The van der Waals surface area contributed by atoms with Crippen LogP contribution in [0.3, 0.4) is 0 Å². The molecule has 8 nitrogen and oxygen atoms in total. The SMILES string of the molecule is CC[C@@]1(OC(=O)CCC(F)(F)CN)C(=O)OCc2c1cc1n(c2=O)Cc2cc3c(Br)cccc3nc2-1. The Morgan fingerprint density at radius 1 is 1.33 bits per heavy atom. The zero-order chi connectivity index (χ0) is 25.8. The van der Waals surface area contributed by atoms with Crippen LogP contribution in [-0.4, -0.2) is 34.0 Å². The maximum Gasteiger partial charge on any atom is 0.355 e. The molecule has 1 aromatic carbocycles. The molecular formula is C25H22BrF2N3O5. The van der Waals surface area contributed by atoms with E-state index in [0.717, 1.165) is 20.9 Å². The lowest BCUT2D eigenvalue weighted by Gasteiger charge is -2.35. The maximum absolute atomic E-state index is 13.6. The van der Waals surface area contributed by atoms with Crippen molar-refractivity contribution >= 4 is 38.8 Å².